The Morgan fingerprint density at radius 1 is 1.33 bits per heavy atom. The fraction of sp³-hybridized carbons (Fsp3) is 0.286. The molecule has 0 unspecified atom stereocenters. The number of hydrogen-bond acceptors (Lipinski definition) is 4. The molecule has 2 rings (SSSR count). The van der Waals surface area contributed by atoms with Gasteiger partial charge in [-0.3, -0.25) is 5.10 Å². The zero-order valence-electron chi connectivity index (χ0n) is 12.1. The summed E-state index contributed by atoms with van der Waals surface area (Å²) in [5.74, 6) is 1.39. The van der Waals surface area contributed by atoms with Crippen LogP contribution in [0.25, 0.3) is 0 Å². The summed E-state index contributed by atoms with van der Waals surface area (Å²) in [4.78, 5) is 11.9. The van der Waals surface area contributed by atoms with Crippen LogP contribution in [0.2, 0.25) is 0 Å². The van der Waals surface area contributed by atoms with E-state index in [2.05, 4.69) is 20.8 Å². The molecule has 0 radical (unpaired) electrons. The number of nitrogens with zero attached hydrogens (tertiary/aromatic N) is 1. The normalized spacial score (nSPS) is 11.6. The second-order valence-electron chi connectivity index (χ2n) is 4.42. The first-order valence-corrected chi connectivity index (χ1v) is 6.42. The summed E-state index contributed by atoms with van der Waals surface area (Å²) >= 11 is 0. The van der Waals surface area contributed by atoms with Crippen LogP contribution in [0, 0.1) is 0 Å². The molecule has 1 aromatic heterocycles. The summed E-state index contributed by atoms with van der Waals surface area (Å²) in [5.41, 5.74) is 1.43. The van der Waals surface area contributed by atoms with E-state index in [1.165, 1.54) is 6.20 Å². The van der Waals surface area contributed by atoms with Crippen LogP contribution in [-0.4, -0.2) is 30.4 Å². The highest BCUT2D eigenvalue weighted by Gasteiger charge is 2.15. The minimum absolute atomic E-state index is 0.248. The number of carbonyl (C=O) groups is 1. The lowest BCUT2D eigenvalue weighted by atomic mass is 10.1. The van der Waals surface area contributed by atoms with Crippen LogP contribution in [0.3, 0.4) is 0 Å². The highest BCUT2D eigenvalue weighted by molar-refractivity contribution is 5.89. The Bertz CT molecular complexity index is 598. The second-order valence-corrected chi connectivity index (χ2v) is 4.42. The van der Waals surface area contributed by atoms with E-state index in [0.717, 1.165) is 5.56 Å². The number of rotatable bonds is 5. The third-order valence-electron chi connectivity index (χ3n) is 3.01. The third kappa shape index (κ3) is 3.65. The van der Waals surface area contributed by atoms with Crippen molar-refractivity contribution >= 4 is 11.7 Å². The number of ether oxygens (including phenoxy) is 2. The molecular weight excluding hydrogens is 272 g/mol. The molecule has 0 spiro atoms. The van der Waals surface area contributed by atoms with Crippen LogP contribution in [0.1, 0.15) is 18.5 Å². The van der Waals surface area contributed by atoms with Gasteiger partial charge in [0, 0.05) is 11.8 Å². The molecule has 3 N–H and O–H groups in total. The summed E-state index contributed by atoms with van der Waals surface area (Å²) in [6.45, 7) is 1.87. The van der Waals surface area contributed by atoms with E-state index in [0.29, 0.717) is 17.2 Å². The van der Waals surface area contributed by atoms with Crippen molar-refractivity contribution in [3.8, 4) is 11.5 Å². The van der Waals surface area contributed by atoms with Gasteiger partial charge in [0.2, 0.25) is 0 Å². The molecule has 0 aliphatic heterocycles. The van der Waals surface area contributed by atoms with Crippen LogP contribution in [-0.2, 0) is 0 Å². The van der Waals surface area contributed by atoms with Crippen LogP contribution in [0.5, 0.6) is 11.5 Å². The number of carbonyl (C=O) groups excluding carboxylic acids is 1. The summed E-state index contributed by atoms with van der Waals surface area (Å²) in [5, 5.41) is 11.9. The first kappa shape index (κ1) is 14.7. The van der Waals surface area contributed by atoms with Crippen molar-refractivity contribution in [3.63, 3.8) is 0 Å². The number of benzene rings is 1. The molecule has 2 aromatic rings. The van der Waals surface area contributed by atoms with Gasteiger partial charge in [0.05, 0.1) is 32.1 Å². The van der Waals surface area contributed by atoms with Crippen molar-refractivity contribution in [2.45, 2.75) is 13.0 Å². The van der Waals surface area contributed by atoms with E-state index in [1.54, 1.807) is 32.5 Å². The minimum atomic E-state index is -0.325. The Labute approximate surface area is 122 Å². The molecule has 0 saturated heterocycles. The molecule has 0 aliphatic rings. The highest BCUT2D eigenvalue weighted by Crippen LogP contribution is 2.29. The van der Waals surface area contributed by atoms with E-state index in [4.69, 9.17) is 9.47 Å². The lowest BCUT2D eigenvalue weighted by molar-refractivity contribution is 0.249. The lowest BCUT2D eigenvalue weighted by Gasteiger charge is -2.18. The Morgan fingerprint density at radius 3 is 2.76 bits per heavy atom. The summed E-state index contributed by atoms with van der Waals surface area (Å²) in [7, 11) is 3.18. The van der Waals surface area contributed by atoms with Gasteiger partial charge in [-0.05, 0) is 25.1 Å². The van der Waals surface area contributed by atoms with E-state index < -0.39 is 0 Å². The number of urea groups is 1. The molecule has 112 valence electrons. The zero-order valence-corrected chi connectivity index (χ0v) is 12.1. The number of aromatic amines is 1. The third-order valence-corrected chi connectivity index (χ3v) is 3.01. The van der Waals surface area contributed by atoms with Crippen molar-refractivity contribution in [1.82, 2.24) is 15.5 Å². The molecule has 0 fully saturated rings. The maximum absolute atomic E-state index is 11.9. The van der Waals surface area contributed by atoms with Gasteiger partial charge in [0.1, 0.15) is 11.5 Å². The first-order valence-electron chi connectivity index (χ1n) is 6.42. The van der Waals surface area contributed by atoms with Crippen molar-refractivity contribution in [3.05, 3.63) is 36.2 Å². The number of nitrogens with one attached hydrogen (secondary N) is 3. The number of anilines is 1. The monoisotopic (exact) mass is 290 g/mol. The fourth-order valence-corrected chi connectivity index (χ4v) is 1.94. The molecule has 7 nitrogen and oxygen atoms in total. The van der Waals surface area contributed by atoms with Crippen molar-refractivity contribution in [2.75, 3.05) is 19.5 Å². The smallest absolute Gasteiger partial charge is 0.319 e. The number of amides is 2. The van der Waals surface area contributed by atoms with Gasteiger partial charge in [-0.1, -0.05) is 0 Å². The largest absolute Gasteiger partial charge is 0.497 e. The molecule has 1 heterocycles. The quantitative estimate of drug-likeness (QED) is 0.788. The van der Waals surface area contributed by atoms with Crippen LogP contribution < -0.4 is 20.1 Å². The summed E-state index contributed by atoms with van der Waals surface area (Å²) in [6, 6.07) is 4.87. The van der Waals surface area contributed by atoms with Crippen molar-refractivity contribution < 1.29 is 14.3 Å². The molecular formula is C14H18N4O3. The predicted octanol–water partition coefficient (Wildman–Crippen LogP) is 2.31. The number of hydrogen-bond donors (Lipinski definition) is 3. The molecule has 21 heavy (non-hydrogen) atoms. The predicted molar refractivity (Wildman–Crippen MR) is 78.7 cm³/mol. The van der Waals surface area contributed by atoms with Gasteiger partial charge in [-0.25, -0.2) is 4.79 Å². The summed E-state index contributed by atoms with van der Waals surface area (Å²) < 4.78 is 10.5. The highest BCUT2D eigenvalue weighted by atomic mass is 16.5. The molecule has 7 heteroatoms. The number of methoxy groups -OCH3 is 2. The summed E-state index contributed by atoms with van der Waals surface area (Å²) in [6.07, 6.45) is 3.12. The second kappa shape index (κ2) is 6.65. The van der Waals surface area contributed by atoms with Crippen LogP contribution in [0.4, 0.5) is 10.5 Å². The van der Waals surface area contributed by atoms with Gasteiger partial charge in [0.25, 0.3) is 0 Å². The van der Waals surface area contributed by atoms with Gasteiger partial charge < -0.3 is 20.1 Å². The maximum atomic E-state index is 11.9. The molecule has 0 bridgehead atoms. The standard InChI is InChI=1S/C14H18N4O3/c1-9(17-14(19)18-10-7-15-16-8-10)12-6-11(20-2)4-5-13(12)21-3/h4-9H,1-3H3,(H,15,16)(H2,17,18,19)/t9-/m0/s1. The van der Waals surface area contributed by atoms with Gasteiger partial charge in [0.15, 0.2) is 0 Å². The molecule has 1 aromatic carbocycles. The maximum Gasteiger partial charge on any atom is 0.319 e. The topological polar surface area (TPSA) is 88.3 Å². The fourth-order valence-electron chi connectivity index (χ4n) is 1.94. The van der Waals surface area contributed by atoms with E-state index in [9.17, 15) is 4.79 Å². The Balaban J connectivity index is 2.08. The lowest BCUT2D eigenvalue weighted by Crippen LogP contribution is -2.31. The first-order chi connectivity index (χ1) is 10.1. The average molecular weight is 290 g/mol. The SMILES string of the molecule is COc1ccc(OC)c([C@H](C)NC(=O)Nc2cn[nH]c2)c1. The van der Waals surface area contributed by atoms with Gasteiger partial charge in [-0.2, -0.15) is 5.10 Å². The Hall–Kier alpha value is -2.70. The molecule has 2 amide bonds. The minimum Gasteiger partial charge on any atom is -0.497 e. The Kier molecular flexibility index (Phi) is 4.65. The zero-order chi connectivity index (χ0) is 15.2. The van der Waals surface area contributed by atoms with Crippen molar-refractivity contribution in [2.24, 2.45) is 0 Å². The van der Waals surface area contributed by atoms with Gasteiger partial charge >= 0.3 is 6.03 Å². The van der Waals surface area contributed by atoms with Crippen LogP contribution >= 0.6 is 0 Å². The van der Waals surface area contributed by atoms with Crippen LogP contribution in [0.15, 0.2) is 30.6 Å². The average Bonchev–Trinajstić information content (AvgIpc) is 2.99. The molecule has 1 atom stereocenters. The van der Waals surface area contributed by atoms with E-state index >= 15 is 0 Å². The van der Waals surface area contributed by atoms with Crippen molar-refractivity contribution in [1.29, 1.82) is 0 Å². The number of aromatic nitrogens is 2. The molecule has 0 aliphatic carbocycles. The number of H-pyrrole nitrogens is 1. The molecule has 0 saturated carbocycles. The Morgan fingerprint density at radius 2 is 2.14 bits per heavy atom. The van der Waals surface area contributed by atoms with Gasteiger partial charge in [-0.15, -0.1) is 0 Å². The van der Waals surface area contributed by atoms with E-state index in [1.807, 2.05) is 13.0 Å². The van der Waals surface area contributed by atoms with E-state index in [-0.39, 0.29) is 12.1 Å².